The zero-order valence-corrected chi connectivity index (χ0v) is 5.18. The number of hydrogen-bond donors (Lipinski definition) is 2. The predicted molar refractivity (Wildman–Crippen MR) is 30.9 cm³/mol. The molecule has 0 unspecified atom stereocenters. The van der Waals surface area contributed by atoms with Gasteiger partial charge in [-0.05, 0) is 6.42 Å². The first kappa shape index (κ1) is 7.94. The summed E-state index contributed by atoms with van der Waals surface area (Å²) in [5, 5.41) is 10.2. The second-order valence-corrected chi connectivity index (χ2v) is 1.56. The van der Waals surface area contributed by atoms with Crippen molar-refractivity contribution in [1.29, 1.82) is 0 Å². The average Bonchev–Trinajstić information content (AvgIpc) is 1.82. The molecule has 0 aromatic rings. The topological polar surface area (TPSA) is 66.4 Å². The van der Waals surface area contributed by atoms with Gasteiger partial charge in [-0.3, -0.25) is 4.79 Å². The third-order valence-electron chi connectivity index (χ3n) is 0.730. The van der Waals surface area contributed by atoms with Crippen LogP contribution in [0.2, 0.25) is 0 Å². The summed E-state index contributed by atoms with van der Waals surface area (Å²) in [4.78, 5) is 20.0. The van der Waals surface area contributed by atoms with Crippen LogP contribution in [-0.2, 0) is 9.59 Å². The zero-order valence-electron chi connectivity index (χ0n) is 5.18. The lowest BCUT2D eigenvalue weighted by molar-refractivity contribution is -0.150. The normalized spacial score (nSPS) is 8.56. The summed E-state index contributed by atoms with van der Waals surface area (Å²) >= 11 is 0. The minimum Gasteiger partial charge on any atom is -0.474 e. The Morgan fingerprint density at radius 1 is 1.56 bits per heavy atom. The van der Waals surface area contributed by atoms with Crippen molar-refractivity contribution in [3.05, 3.63) is 0 Å². The molecule has 0 spiro atoms. The third kappa shape index (κ3) is 3.52. The van der Waals surface area contributed by atoms with Crippen LogP contribution in [-0.4, -0.2) is 23.5 Å². The van der Waals surface area contributed by atoms with E-state index < -0.39 is 11.9 Å². The van der Waals surface area contributed by atoms with E-state index in [4.69, 9.17) is 5.11 Å². The smallest absolute Gasteiger partial charge is 0.394 e. The third-order valence-corrected chi connectivity index (χ3v) is 0.730. The predicted octanol–water partition coefficient (Wildman–Crippen LogP) is -0.403. The van der Waals surface area contributed by atoms with Crippen molar-refractivity contribution >= 4 is 11.9 Å². The quantitative estimate of drug-likeness (QED) is 0.501. The molecule has 0 fully saturated rings. The summed E-state index contributed by atoms with van der Waals surface area (Å²) in [7, 11) is 0. The number of carbonyl (C=O) groups excluding carboxylic acids is 1. The largest absolute Gasteiger partial charge is 0.474 e. The second-order valence-electron chi connectivity index (χ2n) is 1.56. The van der Waals surface area contributed by atoms with Crippen molar-refractivity contribution in [2.24, 2.45) is 0 Å². The first-order valence-electron chi connectivity index (χ1n) is 2.69. The van der Waals surface area contributed by atoms with Crippen LogP contribution in [0.4, 0.5) is 0 Å². The number of aliphatic carboxylic acids is 1. The van der Waals surface area contributed by atoms with Crippen molar-refractivity contribution in [3.8, 4) is 0 Å². The molecule has 1 amide bonds. The number of carboxylic acid groups (broad SMARTS) is 1. The highest BCUT2D eigenvalue weighted by Crippen LogP contribution is 1.70. The molecule has 2 N–H and O–H groups in total. The number of carbonyl (C=O) groups is 2. The van der Waals surface area contributed by atoms with Crippen LogP contribution in [0.15, 0.2) is 0 Å². The fraction of sp³-hybridized carbons (Fsp3) is 0.600. The lowest BCUT2D eigenvalue weighted by Gasteiger charge is -1.95. The van der Waals surface area contributed by atoms with Crippen molar-refractivity contribution in [3.63, 3.8) is 0 Å². The maximum atomic E-state index is 10.2. The van der Waals surface area contributed by atoms with Crippen LogP contribution in [0.3, 0.4) is 0 Å². The van der Waals surface area contributed by atoms with Gasteiger partial charge in [-0.2, -0.15) is 0 Å². The summed E-state index contributed by atoms with van der Waals surface area (Å²) in [6, 6.07) is 0. The highest BCUT2D eigenvalue weighted by atomic mass is 16.4. The second kappa shape index (κ2) is 3.88. The van der Waals surface area contributed by atoms with E-state index in [9.17, 15) is 9.59 Å². The fourth-order valence-electron chi connectivity index (χ4n) is 0.314. The first-order chi connectivity index (χ1) is 4.18. The van der Waals surface area contributed by atoms with Crippen molar-refractivity contribution in [2.45, 2.75) is 13.3 Å². The number of rotatable bonds is 2. The Morgan fingerprint density at radius 2 is 2.11 bits per heavy atom. The zero-order chi connectivity index (χ0) is 7.28. The van der Waals surface area contributed by atoms with Crippen molar-refractivity contribution < 1.29 is 14.7 Å². The minimum atomic E-state index is -1.43. The van der Waals surface area contributed by atoms with Gasteiger partial charge in [0.2, 0.25) is 0 Å². The van der Waals surface area contributed by atoms with Gasteiger partial charge >= 0.3 is 11.9 Å². The molecule has 0 saturated carbocycles. The summed E-state index contributed by atoms with van der Waals surface area (Å²) in [6.07, 6.45) is 0.749. The highest BCUT2D eigenvalue weighted by Gasteiger charge is 2.07. The van der Waals surface area contributed by atoms with Crippen LogP contribution in [0, 0.1) is 0 Å². The van der Waals surface area contributed by atoms with Gasteiger partial charge in [0, 0.05) is 6.54 Å². The van der Waals surface area contributed by atoms with E-state index in [1.165, 1.54) is 0 Å². The molecule has 0 aromatic carbocycles. The molecule has 0 aliphatic rings. The Balaban J connectivity index is 3.39. The SMILES string of the molecule is CCCNC(=O)C(=O)O. The Hall–Kier alpha value is -1.06. The van der Waals surface area contributed by atoms with Gasteiger partial charge in [0.05, 0.1) is 0 Å². The Bertz CT molecular complexity index is 121. The van der Waals surface area contributed by atoms with Gasteiger partial charge < -0.3 is 10.4 Å². The van der Waals surface area contributed by atoms with E-state index >= 15 is 0 Å². The lowest BCUT2D eigenvalue weighted by Crippen LogP contribution is -2.30. The number of nitrogens with one attached hydrogen (secondary N) is 1. The van der Waals surface area contributed by atoms with Crippen molar-refractivity contribution in [2.75, 3.05) is 6.54 Å². The van der Waals surface area contributed by atoms with E-state index in [2.05, 4.69) is 5.32 Å². The van der Waals surface area contributed by atoms with Gasteiger partial charge in [-0.15, -0.1) is 0 Å². The molecule has 0 atom stereocenters. The lowest BCUT2D eigenvalue weighted by atomic mass is 10.5. The Kier molecular flexibility index (Phi) is 3.43. The molecule has 0 aromatic heterocycles. The molecule has 52 valence electrons. The number of amides is 1. The highest BCUT2D eigenvalue weighted by molar-refractivity contribution is 6.31. The molecular formula is C5H9NO3. The fourth-order valence-corrected chi connectivity index (χ4v) is 0.314. The summed E-state index contributed by atoms with van der Waals surface area (Å²) in [5.41, 5.74) is 0. The van der Waals surface area contributed by atoms with E-state index in [1.54, 1.807) is 0 Å². The van der Waals surface area contributed by atoms with Crippen molar-refractivity contribution in [1.82, 2.24) is 5.32 Å². The molecule has 0 aliphatic heterocycles. The Morgan fingerprint density at radius 3 is 2.44 bits per heavy atom. The van der Waals surface area contributed by atoms with E-state index in [1.807, 2.05) is 6.92 Å². The average molecular weight is 131 g/mol. The molecule has 0 bridgehead atoms. The first-order valence-corrected chi connectivity index (χ1v) is 2.69. The van der Waals surface area contributed by atoms with Gasteiger partial charge in [0.15, 0.2) is 0 Å². The van der Waals surface area contributed by atoms with Crippen LogP contribution >= 0.6 is 0 Å². The van der Waals surface area contributed by atoms with E-state index in [0.717, 1.165) is 6.42 Å². The molecule has 0 heterocycles. The van der Waals surface area contributed by atoms with Crippen LogP contribution in [0.1, 0.15) is 13.3 Å². The summed E-state index contributed by atoms with van der Waals surface area (Å²) in [5.74, 6) is -2.36. The molecule has 4 heteroatoms. The molecule has 0 radical (unpaired) electrons. The van der Waals surface area contributed by atoms with Crippen LogP contribution in [0.5, 0.6) is 0 Å². The number of hydrogen-bond acceptors (Lipinski definition) is 2. The Labute approximate surface area is 52.9 Å². The van der Waals surface area contributed by atoms with Gasteiger partial charge in [-0.25, -0.2) is 4.79 Å². The molecule has 9 heavy (non-hydrogen) atoms. The standard InChI is InChI=1S/C5H9NO3/c1-2-3-6-4(7)5(8)9/h2-3H2,1H3,(H,6,7)(H,8,9). The molecule has 0 aliphatic carbocycles. The monoisotopic (exact) mass is 131 g/mol. The van der Waals surface area contributed by atoms with Gasteiger partial charge in [-0.1, -0.05) is 6.92 Å². The van der Waals surface area contributed by atoms with Crippen LogP contribution in [0.25, 0.3) is 0 Å². The molecular weight excluding hydrogens is 122 g/mol. The van der Waals surface area contributed by atoms with Crippen LogP contribution < -0.4 is 5.32 Å². The minimum absolute atomic E-state index is 0.422. The van der Waals surface area contributed by atoms with Gasteiger partial charge in [0.25, 0.3) is 0 Å². The molecule has 4 nitrogen and oxygen atoms in total. The van der Waals surface area contributed by atoms with Gasteiger partial charge in [0.1, 0.15) is 0 Å². The summed E-state index contributed by atoms with van der Waals surface area (Å²) < 4.78 is 0. The molecule has 0 rings (SSSR count). The maximum absolute atomic E-state index is 10.2. The van der Waals surface area contributed by atoms with E-state index in [-0.39, 0.29) is 0 Å². The summed E-state index contributed by atoms with van der Waals surface area (Å²) in [6.45, 7) is 2.27. The maximum Gasteiger partial charge on any atom is 0.394 e. The van der Waals surface area contributed by atoms with E-state index in [0.29, 0.717) is 6.54 Å². The number of carboxylic acids is 1. The molecule has 0 saturated heterocycles.